The monoisotopic (exact) mass is 279 g/mol. The molecule has 0 saturated carbocycles. The molecule has 1 saturated heterocycles. The van der Waals surface area contributed by atoms with Crippen molar-refractivity contribution in [2.24, 2.45) is 13.0 Å². The van der Waals surface area contributed by atoms with Crippen molar-refractivity contribution in [3.8, 4) is 0 Å². The van der Waals surface area contributed by atoms with Gasteiger partial charge in [0.1, 0.15) is 0 Å². The van der Waals surface area contributed by atoms with E-state index in [2.05, 4.69) is 31.2 Å². The predicted molar refractivity (Wildman–Crippen MR) is 82.0 cm³/mol. The van der Waals surface area contributed by atoms with Crippen LogP contribution in [0.4, 0.5) is 0 Å². The topological polar surface area (TPSA) is 39.1 Å². The molecule has 1 aliphatic rings. The Labute approximate surface area is 122 Å². The summed E-state index contributed by atoms with van der Waals surface area (Å²) in [4.78, 5) is 0. The molecule has 2 atom stereocenters. The number of nitrogens with one attached hydrogen (secondary N) is 1. The summed E-state index contributed by atoms with van der Waals surface area (Å²) in [7, 11) is 2.03. The first kappa shape index (κ1) is 15.5. The summed E-state index contributed by atoms with van der Waals surface area (Å²) in [6.45, 7) is 9.37. The van der Waals surface area contributed by atoms with Crippen molar-refractivity contribution < 1.29 is 4.74 Å². The fourth-order valence-electron chi connectivity index (χ4n) is 3.33. The van der Waals surface area contributed by atoms with Gasteiger partial charge < -0.3 is 10.1 Å². The molecule has 1 aromatic heterocycles. The summed E-state index contributed by atoms with van der Waals surface area (Å²) in [6, 6.07) is 0.569. The maximum atomic E-state index is 5.66. The molecule has 2 rings (SSSR count). The Bertz CT molecular complexity index is 422. The molecule has 114 valence electrons. The van der Waals surface area contributed by atoms with E-state index >= 15 is 0 Å². The lowest BCUT2D eigenvalue weighted by Gasteiger charge is -2.31. The molecule has 0 amide bonds. The van der Waals surface area contributed by atoms with Gasteiger partial charge in [-0.15, -0.1) is 0 Å². The molecule has 0 spiro atoms. The quantitative estimate of drug-likeness (QED) is 0.869. The van der Waals surface area contributed by atoms with E-state index in [0.717, 1.165) is 26.2 Å². The second-order valence-electron chi connectivity index (χ2n) is 5.95. The van der Waals surface area contributed by atoms with Crippen LogP contribution in [0.1, 0.15) is 43.1 Å². The van der Waals surface area contributed by atoms with E-state index in [9.17, 15) is 0 Å². The fraction of sp³-hybridized carbons (Fsp3) is 0.812. The van der Waals surface area contributed by atoms with E-state index in [-0.39, 0.29) is 0 Å². The summed E-state index contributed by atoms with van der Waals surface area (Å²) in [6.07, 6.45) is 4.79. The number of rotatable bonds is 6. The van der Waals surface area contributed by atoms with Gasteiger partial charge >= 0.3 is 0 Å². The Morgan fingerprint density at radius 1 is 1.45 bits per heavy atom. The first-order chi connectivity index (χ1) is 9.63. The molecule has 20 heavy (non-hydrogen) atoms. The fourth-order valence-corrected chi connectivity index (χ4v) is 3.33. The zero-order valence-corrected chi connectivity index (χ0v) is 13.4. The minimum atomic E-state index is 0.569. The lowest BCUT2D eigenvalue weighted by molar-refractivity contribution is 0.0382. The van der Waals surface area contributed by atoms with E-state index in [4.69, 9.17) is 4.74 Å². The Morgan fingerprint density at radius 3 is 2.80 bits per heavy atom. The van der Waals surface area contributed by atoms with Crippen molar-refractivity contribution in [2.45, 2.75) is 52.5 Å². The first-order valence-electron chi connectivity index (χ1n) is 7.93. The Morgan fingerprint density at radius 2 is 2.25 bits per heavy atom. The second-order valence-corrected chi connectivity index (χ2v) is 5.95. The minimum Gasteiger partial charge on any atom is -0.381 e. The molecule has 2 heterocycles. The third-order valence-electron chi connectivity index (χ3n) is 4.60. The highest BCUT2D eigenvalue weighted by Crippen LogP contribution is 2.22. The normalized spacial score (nSPS) is 21.1. The van der Waals surface area contributed by atoms with Gasteiger partial charge in [0.25, 0.3) is 0 Å². The van der Waals surface area contributed by atoms with E-state index < -0.39 is 0 Å². The van der Waals surface area contributed by atoms with Gasteiger partial charge in [-0.05, 0) is 57.6 Å². The average molecular weight is 279 g/mol. The highest BCUT2D eigenvalue weighted by Gasteiger charge is 2.24. The van der Waals surface area contributed by atoms with Gasteiger partial charge in [0.05, 0.1) is 12.3 Å². The lowest BCUT2D eigenvalue weighted by atomic mass is 9.89. The number of ether oxygens (including phenoxy) is 1. The van der Waals surface area contributed by atoms with Crippen molar-refractivity contribution in [1.29, 1.82) is 0 Å². The number of hydrogen-bond donors (Lipinski definition) is 1. The van der Waals surface area contributed by atoms with E-state index in [1.807, 2.05) is 11.7 Å². The summed E-state index contributed by atoms with van der Waals surface area (Å²) < 4.78 is 7.65. The lowest BCUT2D eigenvalue weighted by Crippen LogP contribution is -2.40. The van der Waals surface area contributed by atoms with Gasteiger partial charge in [-0.3, -0.25) is 4.68 Å². The van der Waals surface area contributed by atoms with Crippen LogP contribution in [0.2, 0.25) is 0 Å². The van der Waals surface area contributed by atoms with Gasteiger partial charge in [0.2, 0.25) is 0 Å². The van der Waals surface area contributed by atoms with Crippen LogP contribution in [-0.4, -0.2) is 35.6 Å². The number of aromatic nitrogens is 2. The van der Waals surface area contributed by atoms with Crippen molar-refractivity contribution in [3.63, 3.8) is 0 Å². The van der Waals surface area contributed by atoms with Gasteiger partial charge in [0, 0.05) is 25.4 Å². The van der Waals surface area contributed by atoms with Crippen LogP contribution in [0.15, 0.2) is 0 Å². The van der Waals surface area contributed by atoms with Crippen LogP contribution in [0.3, 0.4) is 0 Å². The predicted octanol–water partition coefficient (Wildman–Crippen LogP) is 2.37. The van der Waals surface area contributed by atoms with Crippen LogP contribution in [0.25, 0.3) is 0 Å². The Hall–Kier alpha value is -0.870. The molecule has 0 aromatic carbocycles. The van der Waals surface area contributed by atoms with Crippen LogP contribution >= 0.6 is 0 Å². The Kier molecular flexibility index (Phi) is 5.61. The van der Waals surface area contributed by atoms with Crippen molar-refractivity contribution in [1.82, 2.24) is 15.1 Å². The summed E-state index contributed by atoms with van der Waals surface area (Å²) in [5.41, 5.74) is 3.91. The van der Waals surface area contributed by atoms with Crippen molar-refractivity contribution >= 4 is 0 Å². The van der Waals surface area contributed by atoms with Gasteiger partial charge in [-0.25, -0.2) is 0 Å². The maximum absolute atomic E-state index is 5.66. The highest BCUT2D eigenvalue weighted by atomic mass is 16.5. The smallest absolute Gasteiger partial charge is 0.0628 e. The number of nitrogens with zero attached hydrogens (tertiary/aromatic N) is 2. The third-order valence-corrected chi connectivity index (χ3v) is 4.60. The third kappa shape index (κ3) is 3.61. The largest absolute Gasteiger partial charge is 0.381 e. The number of aryl methyl sites for hydroxylation is 2. The van der Waals surface area contributed by atoms with E-state index in [0.29, 0.717) is 12.0 Å². The minimum absolute atomic E-state index is 0.569. The molecule has 1 N–H and O–H groups in total. The zero-order valence-electron chi connectivity index (χ0n) is 13.4. The van der Waals surface area contributed by atoms with Crippen molar-refractivity contribution in [2.75, 3.05) is 19.8 Å². The van der Waals surface area contributed by atoms with Crippen LogP contribution < -0.4 is 5.32 Å². The molecular formula is C16H29N3O. The molecular weight excluding hydrogens is 250 g/mol. The molecule has 1 fully saturated rings. The van der Waals surface area contributed by atoms with E-state index in [1.54, 1.807) is 0 Å². The maximum Gasteiger partial charge on any atom is 0.0628 e. The average Bonchev–Trinajstić information content (AvgIpc) is 2.70. The molecule has 4 heteroatoms. The molecule has 0 radical (unpaired) electrons. The van der Waals surface area contributed by atoms with Gasteiger partial charge in [-0.1, -0.05) is 6.92 Å². The molecule has 1 aliphatic heterocycles. The van der Waals surface area contributed by atoms with Gasteiger partial charge in [-0.2, -0.15) is 5.10 Å². The van der Waals surface area contributed by atoms with Crippen molar-refractivity contribution in [3.05, 3.63) is 17.0 Å². The first-order valence-corrected chi connectivity index (χ1v) is 7.93. The Balaban J connectivity index is 1.97. The molecule has 1 aromatic rings. The van der Waals surface area contributed by atoms with Crippen LogP contribution in [0.5, 0.6) is 0 Å². The SMILES string of the molecule is CCNC(CCc1c(C)nn(C)c1C)C1CCCOC1. The second kappa shape index (κ2) is 7.23. The summed E-state index contributed by atoms with van der Waals surface area (Å²) >= 11 is 0. The molecule has 0 bridgehead atoms. The van der Waals surface area contributed by atoms with E-state index in [1.165, 1.54) is 36.2 Å². The molecule has 4 nitrogen and oxygen atoms in total. The van der Waals surface area contributed by atoms with Crippen LogP contribution in [0, 0.1) is 19.8 Å². The molecule has 2 unspecified atom stereocenters. The standard InChI is InChI=1S/C16H29N3O/c1-5-17-16(14-7-6-10-20-11-14)9-8-15-12(2)18-19(4)13(15)3/h14,16-17H,5-11H2,1-4H3. The van der Waals surface area contributed by atoms with Crippen LogP contribution in [-0.2, 0) is 18.2 Å². The zero-order chi connectivity index (χ0) is 14.5. The molecule has 0 aliphatic carbocycles. The highest BCUT2D eigenvalue weighted by molar-refractivity contribution is 5.24. The summed E-state index contributed by atoms with van der Waals surface area (Å²) in [5, 5.41) is 8.18. The summed E-state index contributed by atoms with van der Waals surface area (Å²) in [5.74, 6) is 0.668. The number of hydrogen-bond acceptors (Lipinski definition) is 3. The van der Waals surface area contributed by atoms with Gasteiger partial charge in [0.15, 0.2) is 0 Å².